The number of benzene rings is 1. The van der Waals surface area contributed by atoms with Crippen LogP contribution in [-0.2, 0) is 11.0 Å². The highest BCUT2D eigenvalue weighted by Crippen LogP contribution is 2.32. The number of amides is 2. The van der Waals surface area contributed by atoms with Crippen molar-refractivity contribution in [2.45, 2.75) is 19.5 Å². The Morgan fingerprint density at radius 1 is 1.30 bits per heavy atom. The Bertz CT molecular complexity index is 515. The molecule has 0 unspecified atom stereocenters. The predicted molar refractivity (Wildman–Crippen MR) is 65.5 cm³/mol. The van der Waals surface area contributed by atoms with Crippen LogP contribution < -0.4 is 10.6 Å². The Labute approximate surface area is 112 Å². The summed E-state index contributed by atoms with van der Waals surface area (Å²) in [5.74, 6) is -1.06. The van der Waals surface area contributed by atoms with Crippen molar-refractivity contribution < 1.29 is 27.9 Å². The van der Waals surface area contributed by atoms with Crippen molar-refractivity contribution in [2.75, 3.05) is 11.9 Å². The average Bonchev–Trinajstić information content (AvgIpc) is 2.26. The van der Waals surface area contributed by atoms with Crippen molar-refractivity contribution in [3.63, 3.8) is 0 Å². The van der Waals surface area contributed by atoms with Crippen LogP contribution >= 0.6 is 0 Å². The molecule has 1 aromatic rings. The summed E-state index contributed by atoms with van der Waals surface area (Å²) in [5.41, 5.74) is -0.585. The molecule has 0 saturated heterocycles. The molecule has 0 radical (unpaired) electrons. The van der Waals surface area contributed by atoms with Gasteiger partial charge < -0.3 is 15.7 Å². The average molecular weight is 290 g/mol. The number of aryl methyl sites for hydroxylation is 1. The minimum Gasteiger partial charge on any atom is -0.481 e. The molecule has 1 aromatic carbocycles. The largest absolute Gasteiger partial charge is 0.481 e. The summed E-state index contributed by atoms with van der Waals surface area (Å²) >= 11 is 0. The van der Waals surface area contributed by atoms with Crippen molar-refractivity contribution in [1.29, 1.82) is 0 Å². The van der Waals surface area contributed by atoms with E-state index in [9.17, 15) is 22.8 Å². The number of hydrogen-bond donors (Lipinski definition) is 3. The second-order valence-corrected chi connectivity index (χ2v) is 4.05. The van der Waals surface area contributed by atoms with Gasteiger partial charge in [-0.3, -0.25) is 4.79 Å². The zero-order valence-corrected chi connectivity index (χ0v) is 10.5. The first kappa shape index (κ1) is 15.8. The molecule has 0 aliphatic rings. The van der Waals surface area contributed by atoms with Crippen LogP contribution in [0, 0.1) is 6.92 Å². The summed E-state index contributed by atoms with van der Waals surface area (Å²) in [6.45, 7) is 1.22. The number of carboxylic acid groups (broad SMARTS) is 1. The van der Waals surface area contributed by atoms with Gasteiger partial charge in [0.05, 0.1) is 12.0 Å². The Hall–Kier alpha value is -2.25. The van der Waals surface area contributed by atoms with Gasteiger partial charge in [-0.05, 0) is 30.7 Å². The van der Waals surface area contributed by atoms with Crippen molar-refractivity contribution in [3.05, 3.63) is 29.3 Å². The minimum atomic E-state index is -4.44. The summed E-state index contributed by atoms with van der Waals surface area (Å²) in [4.78, 5) is 21.6. The molecular formula is C12H13F3N2O3. The Morgan fingerprint density at radius 3 is 2.45 bits per heavy atom. The molecule has 110 valence electrons. The summed E-state index contributed by atoms with van der Waals surface area (Å²) in [5, 5.41) is 13.0. The van der Waals surface area contributed by atoms with E-state index in [4.69, 9.17) is 5.11 Å². The lowest BCUT2D eigenvalue weighted by atomic mass is 10.1. The third-order valence-corrected chi connectivity index (χ3v) is 2.41. The van der Waals surface area contributed by atoms with E-state index in [1.165, 1.54) is 13.0 Å². The molecule has 0 bridgehead atoms. The van der Waals surface area contributed by atoms with Crippen LogP contribution in [0.2, 0.25) is 0 Å². The third-order valence-electron chi connectivity index (χ3n) is 2.41. The van der Waals surface area contributed by atoms with Crippen molar-refractivity contribution in [3.8, 4) is 0 Å². The number of nitrogens with one attached hydrogen (secondary N) is 2. The molecule has 0 aliphatic carbocycles. The fourth-order valence-electron chi connectivity index (χ4n) is 1.52. The molecule has 2 amide bonds. The number of carbonyl (C=O) groups excluding carboxylic acids is 1. The van der Waals surface area contributed by atoms with Gasteiger partial charge in [0.15, 0.2) is 0 Å². The summed E-state index contributed by atoms with van der Waals surface area (Å²) < 4.78 is 37.6. The number of urea groups is 1. The molecule has 0 spiro atoms. The van der Waals surface area contributed by atoms with Gasteiger partial charge in [-0.1, -0.05) is 0 Å². The van der Waals surface area contributed by atoms with E-state index in [-0.39, 0.29) is 24.2 Å². The van der Waals surface area contributed by atoms with Crippen LogP contribution in [-0.4, -0.2) is 23.7 Å². The quantitative estimate of drug-likeness (QED) is 0.797. The molecule has 20 heavy (non-hydrogen) atoms. The van der Waals surface area contributed by atoms with Gasteiger partial charge in [-0.25, -0.2) is 4.79 Å². The highest BCUT2D eigenvalue weighted by Gasteiger charge is 2.32. The van der Waals surface area contributed by atoms with Gasteiger partial charge >= 0.3 is 18.2 Å². The standard InChI is InChI=1S/C12H13F3N2O3/c1-7-6-8(2-3-9(7)12(13,14)15)17-11(20)16-5-4-10(18)19/h2-3,6H,4-5H2,1H3,(H,18,19)(H2,16,17,20). The van der Waals surface area contributed by atoms with Crippen LogP contribution in [0.15, 0.2) is 18.2 Å². The number of hydrogen-bond acceptors (Lipinski definition) is 2. The van der Waals surface area contributed by atoms with E-state index < -0.39 is 23.7 Å². The highest BCUT2D eigenvalue weighted by atomic mass is 19.4. The molecule has 8 heteroatoms. The predicted octanol–water partition coefficient (Wildman–Crippen LogP) is 2.61. The lowest BCUT2D eigenvalue weighted by Crippen LogP contribution is -2.30. The zero-order chi connectivity index (χ0) is 15.3. The van der Waals surface area contributed by atoms with Gasteiger partial charge in [0.1, 0.15) is 0 Å². The summed E-state index contributed by atoms with van der Waals surface area (Å²) in [7, 11) is 0. The lowest BCUT2D eigenvalue weighted by molar-refractivity contribution is -0.138. The van der Waals surface area contributed by atoms with Gasteiger partial charge in [0, 0.05) is 12.2 Å². The molecule has 1 rings (SSSR count). The molecule has 0 heterocycles. The van der Waals surface area contributed by atoms with Crippen LogP contribution in [0.1, 0.15) is 17.5 Å². The molecule has 0 aliphatic heterocycles. The minimum absolute atomic E-state index is 0.0131. The molecule has 0 saturated carbocycles. The fourth-order valence-corrected chi connectivity index (χ4v) is 1.52. The van der Waals surface area contributed by atoms with E-state index >= 15 is 0 Å². The molecule has 5 nitrogen and oxygen atoms in total. The van der Waals surface area contributed by atoms with E-state index in [2.05, 4.69) is 10.6 Å². The maximum absolute atomic E-state index is 12.5. The van der Waals surface area contributed by atoms with Gasteiger partial charge in [-0.15, -0.1) is 0 Å². The van der Waals surface area contributed by atoms with Gasteiger partial charge in [0.2, 0.25) is 0 Å². The second-order valence-electron chi connectivity index (χ2n) is 4.05. The van der Waals surface area contributed by atoms with Crippen molar-refractivity contribution >= 4 is 17.7 Å². The number of aliphatic carboxylic acids is 1. The number of rotatable bonds is 4. The molecule has 0 aromatic heterocycles. The Balaban J connectivity index is 2.63. The van der Waals surface area contributed by atoms with E-state index in [0.29, 0.717) is 0 Å². The van der Waals surface area contributed by atoms with Crippen LogP contribution in [0.5, 0.6) is 0 Å². The SMILES string of the molecule is Cc1cc(NC(=O)NCCC(=O)O)ccc1C(F)(F)F. The van der Waals surface area contributed by atoms with Crippen molar-refractivity contribution in [1.82, 2.24) is 5.32 Å². The molecular weight excluding hydrogens is 277 g/mol. The molecule has 3 N–H and O–H groups in total. The topological polar surface area (TPSA) is 78.4 Å². The van der Waals surface area contributed by atoms with Crippen LogP contribution in [0.3, 0.4) is 0 Å². The number of halogens is 3. The van der Waals surface area contributed by atoms with Gasteiger partial charge in [-0.2, -0.15) is 13.2 Å². The maximum atomic E-state index is 12.5. The molecule has 0 fully saturated rings. The number of anilines is 1. The van der Waals surface area contributed by atoms with E-state index in [1.807, 2.05) is 0 Å². The zero-order valence-electron chi connectivity index (χ0n) is 10.5. The second kappa shape index (κ2) is 6.27. The fraction of sp³-hybridized carbons (Fsp3) is 0.333. The first-order valence-corrected chi connectivity index (χ1v) is 5.64. The molecule has 0 atom stereocenters. The van der Waals surface area contributed by atoms with Crippen LogP contribution in [0.4, 0.5) is 23.7 Å². The third kappa shape index (κ3) is 4.79. The number of alkyl halides is 3. The normalized spacial score (nSPS) is 11.0. The first-order chi connectivity index (χ1) is 9.20. The van der Waals surface area contributed by atoms with Crippen LogP contribution in [0.25, 0.3) is 0 Å². The summed E-state index contributed by atoms with van der Waals surface area (Å²) in [6, 6.07) is 2.53. The van der Waals surface area contributed by atoms with E-state index in [0.717, 1.165) is 12.1 Å². The van der Waals surface area contributed by atoms with Crippen molar-refractivity contribution in [2.24, 2.45) is 0 Å². The monoisotopic (exact) mass is 290 g/mol. The van der Waals surface area contributed by atoms with Gasteiger partial charge in [0.25, 0.3) is 0 Å². The highest BCUT2D eigenvalue weighted by molar-refractivity contribution is 5.89. The number of carboxylic acids is 1. The smallest absolute Gasteiger partial charge is 0.416 e. The van der Waals surface area contributed by atoms with E-state index in [1.54, 1.807) is 0 Å². The Kier molecular flexibility index (Phi) is 4.95. The maximum Gasteiger partial charge on any atom is 0.416 e. The number of carbonyl (C=O) groups is 2. The Morgan fingerprint density at radius 2 is 1.95 bits per heavy atom. The lowest BCUT2D eigenvalue weighted by Gasteiger charge is -2.12. The first-order valence-electron chi connectivity index (χ1n) is 5.64. The summed E-state index contributed by atoms with van der Waals surface area (Å²) in [6.07, 6.45) is -4.67.